The molecule has 0 unspecified atom stereocenters. The summed E-state index contributed by atoms with van der Waals surface area (Å²) in [5.74, 6) is 0. The van der Waals surface area contributed by atoms with Crippen LogP contribution in [0.1, 0.15) is 24.8 Å². The van der Waals surface area contributed by atoms with Gasteiger partial charge in [0, 0.05) is 17.9 Å². The first-order valence-corrected chi connectivity index (χ1v) is 7.09. The molecule has 0 saturated carbocycles. The molecule has 0 radical (unpaired) electrons. The van der Waals surface area contributed by atoms with E-state index >= 15 is 0 Å². The van der Waals surface area contributed by atoms with E-state index in [1.165, 1.54) is 12.1 Å². The number of unbranched alkanes of at least 4 members (excludes halogenated alkanes) is 1. The van der Waals surface area contributed by atoms with Crippen LogP contribution >= 0.6 is 11.8 Å². The molecule has 21 heavy (non-hydrogen) atoms. The first kappa shape index (κ1) is 18.2. The maximum Gasteiger partial charge on any atom is 0.446 e. The predicted octanol–water partition coefficient (Wildman–Crippen LogP) is 5.12. The molecule has 1 rings (SSSR count). The molecule has 120 valence electrons. The summed E-state index contributed by atoms with van der Waals surface area (Å²) in [5, 5.41) is 2.96. The number of hydrogen-bond acceptors (Lipinski definition) is 2. The number of benzene rings is 1. The molecule has 0 bridgehead atoms. The molecule has 0 atom stereocenters. The number of alkyl halides is 6. The van der Waals surface area contributed by atoms with Gasteiger partial charge in [-0.05, 0) is 48.8 Å². The lowest BCUT2D eigenvalue weighted by Crippen LogP contribution is -2.15. The van der Waals surface area contributed by atoms with E-state index in [-0.39, 0.29) is 23.1 Å². The summed E-state index contributed by atoms with van der Waals surface area (Å²) in [6.45, 7) is 0.859. The molecule has 1 aromatic rings. The zero-order valence-electron chi connectivity index (χ0n) is 11.0. The zero-order chi connectivity index (χ0) is 15.9. The summed E-state index contributed by atoms with van der Waals surface area (Å²) in [5.41, 5.74) is -3.52. The minimum atomic E-state index is -4.31. The fourth-order valence-electron chi connectivity index (χ4n) is 1.62. The lowest BCUT2D eigenvalue weighted by molar-refractivity contribution is -0.135. The summed E-state index contributed by atoms with van der Waals surface area (Å²) < 4.78 is 72.0. The SMILES string of the molecule is FC(F)(F)CCCCNCc1ccc(SC(F)(F)F)cc1. The smallest absolute Gasteiger partial charge is 0.313 e. The molecular weight excluding hydrogens is 316 g/mol. The van der Waals surface area contributed by atoms with Crippen molar-refractivity contribution in [1.29, 1.82) is 0 Å². The highest BCUT2D eigenvalue weighted by Gasteiger charge is 2.29. The molecule has 1 nitrogen and oxygen atoms in total. The third-order valence-corrected chi connectivity index (χ3v) is 3.29. The monoisotopic (exact) mass is 331 g/mol. The first-order chi connectivity index (χ1) is 9.66. The van der Waals surface area contributed by atoms with Gasteiger partial charge in [-0.1, -0.05) is 12.1 Å². The van der Waals surface area contributed by atoms with Crippen LogP contribution in [-0.2, 0) is 6.54 Å². The molecule has 0 aromatic heterocycles. The highest BCUT2D eigenvalue weighted by Crippen LogP contribution is 2.36. The van der Waals surface area contributed by atoms with Crippen LogP contribution in [0.5, 0.6) is 0 Å². The van der Waals surface area contributed by atoms with Crippen molar-refractivity contribution < 1.29 is 26.3 Å². The Morgan fingerprint density at radius 1 is 0.905 bits per heavy atom. The van der Waals surface area contributed by atoms with Crippen molar-refractivity contribution >= 4 is 11.8 Å². The quantitative estimate of drug-likeness (QED) is 0.423. The van der Waals surface area contributed by atoms with Gasteiger partial charge in [0.1, 0.15) is 0 Å². The lowest BCUT2D eigenvalue weighted by Gasteiger charge is -2.08. The topological polar surface area (TPSA) is 12.0 Å². The van der Waals surface area contributed by atoms with E-state index in [2.05, 4.69) is 5.32 Å². The van der Waals surface area contributed by atoms with Crippen LogP contribution < -0.4 is 5.32 Å². The first-order valence-electron chi connectivity index (χ1n) is 6.28. The molecule has 0 aliphatic carbocycles. The van der Waals surface area contributed by atoms with E-state index in [1.807, 2.05) is 0 Å². The van der Waals surface area contributed by atoms with Crippen LogP contribution in [0.4, 0.5) is 26.3 Å². The van der Waals surface area contributed by atoms with Gasteiger partial charge in [0.2, 0.25) is 0 Å². The molecule has 8 heteroatoms. The molecule has 0 aliphatic heterocycles. The fourth-order valence-corrected chi connectivity index (χ4v) is 2.16. The highest BCUT2D eigenvalue weighted by molar-refractivity contribution is 8.00. The summed E-state index contributed by atoms with van der Waals surface area (Å²) in [6, 6.07) is 5.88. The average Bonchev–Trinajstić information content (AvgIpc) is 2.32. The van der Waals surface area contributed by atoms with Crippen molar-refractivity contribution in [2.45, 2.75) is 42.4 Å². The maximum atomic E-state index is 12.1. The van der Waals surface area contributed by atoms with Gasteiger partial charge in [0.15, 0.2) is 0 Å². The van der Waals surface area contributed by atoms with Crippen molar-refractivity contribution in [1.82, 2.24) is 5.32 Å². The van der Waals surface area contributed by atoms with Crippen LogP contribution in [0.15, 0.2) is 29.2 Å². The van der Waals surface area contributed by atoms with Gasteiger partial charge < -0.3 is 5.32 Å². The van der Waals surface area contributed by atoms with Crippen molar-refractivity contribution in [2.75, 3.05) is 6.54 Å². The number of thioether (sulfide) groups is 1. The predicted molar refractivity (Wildman–Crippen MR) is 70.0 cm³/mol. The van der Waals surface area contributed by atoms with Gasteiger partial charge in [0.05, 0.1) is 0 Å². The molecule has 0 saturated heterocycles. The van der Waals surface area contributed by atoms with Gasteiger partial charge in [-0.3, -0.25) is 0 Å². The highest BCUT2D eigenvalue weighted by atomic mass is 32.2. The van der Waals surface area contributed by atoms with Crippen LogP contribution in [-0.4, -0.2) is 18.2 Å². The molecule has 0 aliphatic rings. The number of hydrogen-bond donors (Lipinski definition) is 1. The Labute approximate surface area is 123 Å². The van der Waals surface area contributed by atoms with E-state index in [0.717, 1.165) is 5.56 Å². The van der Waals surface area contributed by atoms with Crippen LogP contribution in [0.2, 0.25) is 0 Å². The van der Waals surface area contributed by atoms with Gasteiger partial charge in [-0.25, -0.2) is 0 Å². The van der Waals surface area contributed by atoms with Gasteiger partial charge in [-0.2, -0.15) is 26.3 Å². The van der Waals surface area contributed by atoms with Crippen molar-refractivity contribution in [3.8, 4) is 0 Å². The van der Waals surface area contributed by atoms with E-state index in [1.54, 1.807) is 12.1 Å². The van der Waals surface area contributed by atoms with Gasteiger partial charge >= 0.3 is 11.7 Å². The Balaban J connectivity index is 2.21. The molecule has 1 N–H and O–H groups in total. The van der Waals surface area contributed by atoms with E-state index in [9.17, 15) is 26.3 Å². The largest absolute Gasteiger partial charge is 0.446 e. The van der Waals surface area contributed by atoms with Crippen molar-refractivity contribution in [3.63, 3.8) is 0 Å². The number of nitrogens with one attached hydrogen (secondary N) is 1. The Morgan fingerprint density at radius 3 is 2.05 bits per heavy atom. The lowest BCUT2D eigenvalue weighted by atomic mass is 10.2. The summed E-state index contributed by atoms with van der Waals surface area (Å²) >= 11 is -0.180. The van der Waals surface area contributed by atoms with Gasteiger partial charge in [-0.15, -0.1) is 0 Å². The van der Waals surface area contributed by atoms with Crippen molar-refractivity contribution in [3.05, 3.63) is 29.8 Å². The van der Waals surface area contributed by atoms with Crippen LogP contribution in [0.25, 0.3) is 0 Å². The van der Waals surface area contributed by atoms with E-state index in [0.29, 0.717) is 19.5 Å². The fraction of sp³-hybridized carbons (Fsp3) is 0.538. The van der Waals surface area contributed by atoms with E-state index in [4.69, 9.17) is 0 Å². The standard InChI is InChI=1S/C13H15F6NS/c14-12(15,16)7-1-2-8-20-9-10-3-5-11(6-4-10)21-13(17,18)19/h3-6,20H,1-2,7-9H2. The Morgan fingerprint density at radius 2 is 1.52 bits per heavy atom. The Kier molecular flexibility index (Phi) is 6.86. The van der Waals surface area contributed by atoms with Crippen LogP contribution in [0.3, 0.4) is 0 Å². The molecule has 0 fully saturated rings. The minimum absolute atomic E-state index is 0.0671. The third kappa shape index (κ3) is 9.62. The second-order valence-corrected chi connectivity index (χ2v) is 5.58. The minimum Gasteiger partial charge on any atom is -0.313 e. The van der Waals surface area contributed by atoms with Crippen molar-refractivity contribution in [2.24, 2.45) is 0 Å². The number of rotatable bonds is 7. The summed E-state index contributed by atoms with van der Waals surface area (Å²) in [4.78, 5) is 0.108. The third-order valence-electron chi connectivity index (χ3n) is 2.55. The Bertz CT molecular complexity index is 412. The second-order valence-electron chi connectivity index (χ2n) is 4.44. The molecule has 0 spiro atoms. The second kappa shape index (κ2) is 7.93. The molecule has 0 amide bonds. The van der Waals surface area contributed by atoms with E-state index < -0.39 is 18.1 Å². The van der Waals surface area contributed by atoms with Crippen LogP contribution in [0, 0.1) is 0 Å². The normalized spacial score (nSPS) is 12.7. The molecule has 1 aromatic carbocycles. The summed E-state index contributed by atoms with van der Waals surface area (Å²) in [6.07, 6.45) is -4.44. The average molecular weight is 331 g/mol. The summed E-state index contributed by atoms with van der Waals surface area (Å²) in [7, 11) is 0. The number of halogens is 6. The Hall–Kier alpha value is -0.890. The molecule has 0 heterocycles. The van der Waals surface area contributed by atoms with Gasteiger partial charge in [0.25, 0.3) is 0 Å². The zero-order valence-corrected chi connectivity index (χ0v) is 11.8. The molecular formula is C13H15F6NS. The maximum absolute atomic E-state index is 12.1.